The fourth-order valence-corrected chi connectivity index (χ4v) is 1.67. The fourth-order valence-electron chi connectivity index (χ4n) is 1.67. The average Bonchev–Trinajstić information content (AvgIpc) is 2.61. The Kier molecular flexibility index (Phi) is 2.52. The monoisotopic (exact) mass is 207 g/mol. The molecule has 1 aliphatic heterocycles. The SMILES string of the molecule is CC(C)(C)[C@H](O)c1cc2c(cn1)COC2. The summed E-state index contributed by atoms with van der Waals surface area (Å²) in [5.41, 5.74) is 2.86. The number of nitrogens with zero attached hydrogens (tertiary/aromatic N) is 1. The highest BCUT2D eigenvalue weighted by atomic mass is 16.5. The van der Waals surface area contributed by atoms with Gasteiger partial charge in [0.15, 0.2) is 0 Å². The fraction of sp³-hybridized carbons (Fsp3) is 0.583. The van der Waals surface area contributed by atoms with E-state index in [2.05, 4.69) is 4.98 Å². The van der Waals surface area contributed by atoms with Crippen molar-refractivity contribution in [2.75, 3.05) is 0 Å². The number of ether oxygens (including phenoxy) is 1. The quantitative estimate of drug-likeness (QED) is 0.767. The van der Waals surface area contributed by atoms with E-state index < -0.39 is 6.10 Å². The third-order valence-corrected chi connectivity index (χ3v) is 2.72. The van der Waals surface area contributed by atoms with Crippen LogP contribution in [-0.2, 0) is 18.0 Å². The number of aromatic nitrogens is 1. The Bertz CT molecular complexity index is 368. The van der Waals surface area contributed by atoms with E-state index in [4.69, 9.17) is 4.74 Å². The summed E-state index contributed by atoms with van der Waals surface area (Å²) in [7, 11) is 0. The summed E-state index contributed by atoms with van der Waals surface area (Å²) in [5, 5.41) is 10.1. The third kappa shape index (κ3) is 2.03. The van der Waals surface area contributed by atoms with Crippen LogP contribution in [0.3, 0.4) is 0 Å². The summed E-state index contributed by atoms with van der Waals surface area (Å²) < 4.78 is 5.31. The van der Waals surface area contributed by atoms with E-state index in [1.807, 2.05) is 33.0 Å². The molecule has 1 N–H and O–H groups in total. The first-order valence-corrected chi connectivity index (χ1v) is 5.22. The van der Waals surface area contributed by atoms with Crippen molar-refractivity contribution < 1.29 is 9.84 Å². The highest BCUT2D eigenvalue weighted by Gasteiger charge is 2.26. The van der Waals surface area contributed by atoms with Gasteiger partial charge in [-0.3, -0.25) is 4.98 Å². The lowest BCUT2D eigenvalue weighted by Gasteiger charge is -2.25. The normalized spacial score (nSPS) is 17.6. The van der Waals surface area contributed by atoms with Crippen molar-refractivity contribution in [3.63, 3.8) is 0 Å². The molecule has 1 atom stereocenters. The van der Waals surface area contributed by atoms with Gasteiger partial charge < -0.3 is 9.84 Å². The number of hydrogen-bond donors (Lipinski definition) is 1. The van der Waals surface area contributed by atoms with Crippen LogP contribution >= 0.6 is 0 Å². The van der Waals surface area contributed by atoms with Gasteiger partial charge in [-0.05, 0) is 17.0 Å². The molecule has 0 spiro atoms. The van der Waals surface area contributed by atoms with Gasteiger partial charge >= 0.3 is 0 Å². The molecule has 0 radical (unpaired) electrons. The standard InChI is InChI=1S/C12H17NO2/c1-12(2,3)11(14)10-4-8-6-15-7-9(8)5-13-10/h4-5,11,14H,6-7H2,1-3H3/t11-/m1/s1. The molecule has 15 heavy (non-hydrogen) atoms. The van der Waals surface area contributed by atoms with Gasteiger partial charge in [0.2, 0.25) is 0 Å². The largest absolute Gasteiger partial charge is 0.386 e. The maximum Gasteiger partial charge on any atom is 0.101 e. The summed E-state index contributed by atoms with van der Waals surface area (Å²) in [5.74, 6) is 0. The molecular formula is C12H17NO2. The van der Waals surface area contributed by atoms with Crippen molar-refractivity contribution in [1.82, 2.24) is 4.98 Å². The first-order valence-electron chi connectivity index (χ1n) is 5.22. The molecule has 1 aromatic rings. The molecule has 3 heteroatoms. The Labute approximate surface area is 90.1 Å². The lowest BCUT2D eigenvalue weighted by Crippen LogP contribution is -2.19. The minimum atomic E-state index is -0.525. The average molecular weight is 207 g/mol. The molecule has 0 aromatic carbocycles. The number of fused-ring (bicyclic) bond motifs is 1. The summed E-state index contributed by atoms with van der Waals surface area (Å²) in [6.07, 6.45) is 1.29. The van der Waals surface area contributed by atoms with E-state index in [1.165, 1.54) is 0 Å². The van der Waals surface area contributed by atoms with E-state index in [9.17, 15) is 5.11 Å². The van der Waals surface area contributed by atoms with Crippen LogP contribution in [0.15, 0.2) is 12.3 Å². The first-order chi connectivity index (χ1) is 6.98. The van der Waals surface area contributed by atoms with Gasteiger partial charge in [0.1, 0.15) is 6.10 Å². The predicted octanol–water partition coefficient (Wildman–Crippen LogP) is 2.19. The molecule has 82 valence electrons. The summed E-state index contributed by atoms with van der Waals surface area (Å²) in [6, 6.07) is 1.96. The molecule has 0 bridgehead atoms. The van der Waals surface area contributed by atoms with Crippen molar-refractivity contribution in [3.05, 3.63) is 29.1 Å². The minimum Gasteiger partial charge on any atom is -0.386 e. The van der Waals surface area contributed by atoms with Crippen LogP contribution in [0.25, 0.3) is 0 Å². The molecular weight excluding hydrogens is 190 g/mol. The van der Waals surface area contributed by atoms with Crippen LogP contribution in [0.4, 0.5) is 0 Å². The van der Waals surface area contributed by atoms with Gasteiger partial charge in [-0.15, -0.1) is 0 Å². The van der Waals surface area contributed by atoms with Crippen LogP contribution in [-0.4, -0.2) is 10.1 Å². The van der Waals surface area contributed by atoms with Gasteiger partial charge in [-0.25, -0.2) is 0 Å². The molecule has 0 unspecified atom stereocenters. The number of rotatable bonds is 1. The lowest BCUT2D eigenvalue weighted by molar-refractivity contribution is 0.0588. The predicted molar refractivity (Wildman–Crippen MR) is 57.1 cm³/mol. The summed E-state index contributed by atoms with van der Waals surface area (Å²) in [6.45, 7) is 7.30. The Balaban J connectivity index is 2.31. The molecule has 0 saturated heterocycles. The zero-order valence-corrected chi connectivity index (χ0v) is 9.45. The van der Waals surface area contributed by atoms with Gasteiger partial charge in [0, 0.05) is 11.8 Å². The number of aliphatic hydroxyl groups excluding tert-OH is 1. The zero-order valence-electron chi connectivity index (χ0n) is 9.45. The molecule has 1 aliphatic rings. The number of aliphatic hydroxyl groups is 1. The van der Waals surface area contributed by atoms with Crippen molar-refractivity contribution in [1.29, 1.82) is 0 Å². The smallest absolute Gasteiger partial charge is 0.101 e. The molecule has 1 aromatic heterocycles. The van der Waals surface area contributed by atoms with E-state index in [0.717, 1.165) is 16.8 Å². The van der Waals surface area contributed by atoms with Gasteiger partial charge in [-0.2, -0.15) is 0 Å². The molecule has 2 rings (SSSR count). The first kappa shape index (κ1) is 10.6. The Morgan fingerprint density at radius 3 is 2.67 bits per heavy atom. The van der Waals surface area contributed by atoms with E-state index >= 15 is 0 Å². The molecule has 0 amide bonds. The maximum atomic E-state index is 10.1. The highest BCUT2D eigenvalue weighted by Crippen LogP contribution is 2.32. The van der Waals surface area contributed by atoms with Gasteiger partial charge in [-0.1, -0.05) is 20.8 Å². The summed E-state index contributed by atoms with van der Waals surface area (Å²) >= 11 is 0. The lowest BCUT2D eigenvalue weighted by atomic mass is 9.86. The Hall–Kier alpha value is -0.930. The molecule has 0 saturated carbocycles. The molecule has 0 fully saturated rings. The van der Waals surface area contributed by atoms with Gasteiger partial charge in [0.05, 0.1) is 18.9 Å². The van der Waals surface area contributed by atoms with E-state index in [1.54, 1.807) is 0 Å². The third-order valence-electron chi connectivity index (χ3n) is 2.72. The van der Waals surface area contributed by atoms with Gasteiger partial charge in [0.25, 0.3) is 0 Å². The van der Waals surface area contributed by atoms with Crippen molar-refractivity contribution in [2.45, 2.75) is 40.1 Å². The molecule has 3 nitrogen and oxygen atoms in total. The second kappa shape index (κ2) is 3.58. The van der Waals surface area contributed by atoms with Crippen LogP contribution in [0.2, 0.25) is 0 Å². The maximum absolute atomic E-state index is 10.1. The Morgan fingerprint density at radius 2 is 2.00 bits per heavy atom. The van der Waals surface area contributed by atoms with Crippen LogP contribution in [0.5, 0.6) is 0 Å². The highest BCUT2D eigenvalue weighted by molar-refractivity contribution is 5.29. The van der Waals surface area contributed by atoms with E-state index in [-0.39, 0.29) is 5.41 Å². The van der Waals surface area contributed by atoms with E-state index in [0.29, 0.717) is 13.2 Å². The molecule has 0 aliphatic carbocycles. The second-order valence-corrected chi connectivity index (χ2v) is 5.14. The van der Waals surface area contributed by atoms with Crippen LogP contribution in [0.1, 0.15) is 43.7 Å². The number of hydrogen-bond acceptors (Lipinski definition) is 3. The van der Waals surface area contributed by atoms with Crippen molar-refractivity contribution >= 4 is 0 Å². The second-order valence-electron chi connectivity index (χ2n) is 5.14. The summed E-state index contributed by atoms with van der Waals surface area (Å²) in [4.78, 5) is 4.29. The number of pyridine rings is 1. The van der Waals surface area contributed by atoms with Crippen molar-refractivity contribution in [3.8, 4) is 0 Å². The van der Waals surface area contributed by atoms with Crippen LogP contribution < -0.4 is 0 Å². The topological polar surface area (TPSA) is 42.4 Å². The minimum absolute atomic E-state index is 0.180. The Morgan fingerprint density at radius 1 is 1.33 bits per heavy atom. The van der Waals surface area contributed by atoms with Crippen LogP contribution in [0, 0.1) is 5.41 Å². The zero-order chi connectivity index (χ0) is 11.1. The van der Waals surface area contributed by atoms with Crippen molar-refractivity contribution in [2.24, 2.45) is 5.41 Å². The molecule has 2 heterocycles.